The smallest absolute Gasteiger partial charge is 0.298 e. The number of oxazole rings is 1. The van der Waals surface area contributed by atoms with Crippen LogP contribution in [0.15, 0.2) is 28.1 Å². The number of nitrogens with zero attached hydrogens (tertiary/aromatic N) is 3. The molecular weight excluding hydrogens is 324 g/mol. The summed E-state index contributed by atoms with van der Waals surface area (Å²) in [5, 5.41) is 16.3. The van der Waals surface area contributed by atoms with Gasteiger partial charge in [0.05, 0.1) is 5.56 Å². The third kappa shape index (κ3) is 2.74. The lowest BCUT2D eigenvalue weighted by atomic mass is 10.1. The largest absolute Gasteiger partial charge is 0.506 e. The summed E-state index contributed by atoms with van der Waals surface area (Å²) < 4.78 is 6.09. The number of anilines is 1. The van der Waals surface area contributed by atoms with Crippen molar-refractivity contribution in [1.29, 1.82) is 0 Å². The molecule has 6 nitrogen and oxygen atoms in total. The molecule has 126 valence electrons. The molecule has 1 aliphatic heterocycles. The van der Waals surface area contributed by atoms with Crippen LogP contribution in [0.4, 0.5) is 6.01 Å². The quantitative estimate of drug-likeness (QED) is 0.760. The summed E-state index contributed by atoms with van der Waals surface area (Å²) in [4.78, 5) is 11.1. The summed E-state index contributed by atoms with van der Waals surface area (Å²) in [6.45, 7) is 1.77. The number of nitrogens with one attached hydrogen (secondary N) is 1. The molecule has 1 atom stereocenters. The number of thiazole rings is 1. The number of benzene rings is 1. The van der Waals surface area contributed by atoms with Crippen molar-refractivity contribution in [2.45, 2.75) is 25.3 Å². The van der Waals surface area contributed by atoms with Crippen LogP contribution >= 0.6 is 11.3 Å². The van der Waals surface area contributed by atoms with Crippen LogP contribution in [0.1, 0.15) is 19.3 Å². The molecule has 0 amide bonds. The molecule has 2 N–H and O–H groups in total. The Kier molecular flexibility index (Phi) is 4.12. The molecule has 2 aromatic heterocycles. The Labute approximate surface area is 144 Å². The van der Waals surface area contributed by atoms with Crippen LogP contribution in [0.3, 0.4) is 0 Å². The molecule has 0 spiro atoms. The lowest BCUT2D eigenvalue weighted by molar-refractivity contribution is 0.480. The van der Waals surface area contributed by atoms with Gasteiger partial charge in [-0.05, 0) is 32.0 Å². The van der Waals surface area contributed by atoms with Crippen LogP contribution in [0.5, 0.6) is 5.75 Å². The van der Waals surface area contributed by atoms with Crippen molar-refractivity contribution in [3.8, 4) is 16.3 Å². The van der Waals surface area contributed by atoms with Crippen molar-refractivity contribution in [2.75, 3.05) is 25.0 Å². The third-order valence-corrected chi connectivity index (χ3v) is 5.33. The molecule has 0 aliphatic carbocycles. The van der Waals surface area contributed by atoms with Crippen LogP contribution in [-0.4, -0.2) is 41.3 Å². The van der Waals surface area contributed by atoms with Crippen LogP contribution in [-0.2, 0) is 0 Å². The fourth-order valence-electron chi connectivity index (χ4n) is 3.19. The van der Waals surface area contributed by atoms with E-state index in [2.05, 4.69) is 20.2 Å². The Morgan fingerprint density at radius 2 is 2.29 bits per heavy atom. The average Bonchev–Trinajstić information content (AvgIpc) is 3.21. The fourth-order valence-corrected chi connectivity index (χ4v) is 3.85. The standard InChI is InChI=1S/C17H20N4O2S/c1-18-11-4-2-3-8-21(10-11)17-20-14-13(22)6-5-12(15(14)23-17)16-19-7-9-24-16/h5-7,9,11,18,22H,2-4,8,10H2,1H3. The van der Waals surface area contributed by atoms with Gasteiger partial charge in [0.25, 0.3) is 6.01 Å². The van der Waals surface area contributed by atoms with E-state index in [1.54, 1.807) is 23.6 Å². The molecule has 1 aliphatic rings. The summed E-state index contributed by atoms with van der Waals surface area (Å²) in [7, 11) is 1.99. The lowest BCUT2D eigenvalue weighted by Gasteiger charge is -2.22. The van der Waals surface area contributed by atoms with E-state index in [1.807, 2.05) is 18.5 Å². The average molecular weight is 344 g/mol. The number of hydrogen-bond donors (Lipinski definition) is 2. The number of phenolic OH excluding ortho intramolecular Hbond substituents is 1. The van der Waals surface area contributed by atoms with Crippen molar-refractivity contribution in [2.24, 2.45) is 0 Å². The maximum atomic E-state index is 10.2. The van der Waals surface area contributed by atoms with Gasteiger partial charge < -0.3 is 19.7 Å². The molecule has 1 aromatic carbocycles. The minimum atomic E-state index is 0.139. The first-order valence-electron chi connectivity index (χ1n) is 8.21. The van der Waals surface area contributed by atoms with Gasteiger partial charge in [0.1, 0.15) is 10.8 Å². The van der Waals surface area contributed by atoms with Gasteiger partial charge in [-0.25, -0.2) is 4.98 Å². The van der Waals surface area contributed by atoms with Crippen LogP contribution in [0.25, 0.3) is 21.7 Å². The number of rotatable bonds is 3. The van der Waals surface area contributed by atoms with Gasteiger partial charge in [0, 0.05) is 30.7 Å². The van der Waals surface area contributed by atoms with Crippen LogP contribution in [0.2, 0.25) is 0 Å². The number of aromatic nitrogens is 2. The van der Waals surface area contributed by atoms with Gasteiger partial charge in [-0.3, -0.25) is 0 Å². The van der Waals surface area contributed by atoms with Crippen molar-refractivity contribution in [1.82, 2.24) is 15.3 Å². The second kappa shape index (κ2) is 6.41. The van der Waals surface area contributed by atoms with Crippen molar-refractivity contribution < 1.29 is 9.52 Å². The van der Waals surface area contributed by atoms with Crippen molar-refractivity contribution in [3.63, 3.8) is 0 Å². The second-order valence-corrected chi connectivity index (χ2v) is 6.97. The first kappa shape index (κ1) is 15.4. The normalized spacial score (nSPS) is 18.9. The van der Waals surface area contributed by atoms with Crippen molar-refractivity contribution in [3.05, 3.63) is 23.7 Å². The monoisotopic (exact) mass is 344 g/mol. The van der Waals surface area contributed by atoms with Crippen molar-refractivity contribution >= 4 is 28.5 Å². The summed E-state index contributed by atoms with van der Waals surface area (Å²) in [5.74, 6) is 0.139. The van der Waals surface area contributed by atoms with E-state index in [0.29, 0.717) is 23.2 Å². The Balaban J connectivity index is 1.77. The molecule has 0 bridgehead atoms. The zero-order valence-electron chi connectivity index (χ0n) is 13.5. The first-order chi connectivity index (χ1) is 11.8. The summed E-state index contributed by atoms with van der Waals surface area (Å²) in [6.07, 6.45) is 5.23. The van der Waals surface area contributed by atoms with E-state index in [1.165, 1.54) is 6.42 Å². The summed E-state index contributed by atoms with van der Waals surface area (Å²) in [6, 6.07) is 4.50. The highest BCUT2D eigenvalue weighted by atomic mass is 32.1. The highest BCUT2D eigenvalue weighted by molar-refractivity contribution is 7.13. The van der Waals surface area contributed by atoms with Crippen LogP contribution in [0, 0.1) is 0 Å². The Morgan fingerprint density at radius 1 is 1.38 bits per heavy atom. The molecule has 4 rings (SSSR count). The number of likely N-dealkylation sites (N-methyl/N-ethyl adjacent to an activating group) is 1. The van der Waals surface area contributed by atoms with Gasteiger partial charge in [-0.15, -0.1) is 11.3 Å². The van der Waals surface area contributed by atoms with E-state index in [4.69, 9.17) is 4.42 Å². The zero-order valence-corrected chi connectivity index (χ0v) is 14.3. The minimum absolute atomic E-state index is 0.139. The van der Waals surface area contributed by atoms with Gasteiger partial charge in [0.2, 0.25) is 0 Å². The van der Waals surface area contributed by atoms with E-state index < -0.39 is 0 Å². The summed E-state index contributed by atoms with van der Waals surface area (Å²) in [5.41, 5.74) is 1.98. The topological polar surface area (TPSA) is 74.4 Å². The second-order valence-electron chi connectivity index (χ2n) is 6.07. The molecule has 0 radical (unpaired) electrons. The highest BCUT2D eigenvalue weighted by Crippen LogP contribution is 2.37. The molecule has 24 heavy (non-hydrogen) atoms. The number of hydrogen-bond acceptors (Lipinski definition) is 7. The molecule has 3 aromatic rings. The molecule has 0 saturated carbocycles. The number of aromatic hydroxyl groups is 1. The summed E-state index contributed by atoms with van der Waals surface area (Å²) >= 11 is 1.54. The van der Waals surface area contributed by atoms with E-state index >= 15 is 0 Å². The molecule has 1 fully saturated rings. The number of fused-ring (bicyclic) bond motifs is 1. The van der Waals surface area contributed by atoms with Gasteiger partial charge in [-0.2, -0.15) is 4.98 Å². The van der Waals surface area contributed by atoms with Gasteiger partial charge >= 0.3 is 0 Å². The molecular formula is C17H20N4O2S. The molecule has 1 unspecified atom stereocenters. The predicted molar refractivity (Wildman–Crippen MR) is 95.7 cm³/mol. The Bertz CT molecular complexity index is 831. The molecule has 1 saturated heterocycles. The fraction of sp³-hybridized carbons (Fsp3) is 0.412. The van der Waals surface area contributed by atoms with Gasteiger partial charge in [-0.1, -0.05) is 6.42 Å². The van der Waals surface area contributed by atoms with Gasteiger partial charge in [0.15, 0.2) is 11.1 Å². The minimum Gasteiger partial charge on any atom is -0.506 e. The maximum Gasteiger partial charge on any atom is 0.298 e. The Morgan fingerprint density at radius 3 is 3.08 bits per heavy atom. The van der Waals surface area contributed by atoms with Crippen LogP contribution < -0.4 is 10.2 Å². The van der Waals surface area contributed by atoms with E-state index in [-0.39, 0.29) is 5.75 Å². The number of phenols is 1. The third-order valence-electron chi connectivity index (χ3n) is 4.52. The van der Waals surface area contributed by atoms with E-state index in [9.17, 15) is 5.11 Å². The SMILES string of the molecule is CNC1CCCCN(c2nc3c(O)ccc(-c4nccs4)c3o2)C1. The first-order valence-corrected chi connectivity index (χ1v) is 9.09. The predicted octanol–water partition coefficient (Wildman–Crippen LogP) is 3.24. The zero-order chi connectivity index (χ0) is 16.5. The Hall–Kier alpha value is -2.12. The van der Waals surface area contributed by atoms with E-state index in [0.717, 1.165) is 36.5 Å². The highest BCUT2D eigenvalue weighted by Gasteiger charge is 2.23. The molecule has 7 heteroatoms. The maximum absolute atomic E-state index is 10.2. The molecule has 3 heterocycles. The lowest BCUT2D eigenvalue weighted by Crippen LogP contribution is -2.38.